The molecule has 0 amide bonds. The monoisotopic (exact) mass is 230 g/mol. The van der Waals surface area contributed by atoms with Gasteiger partial charge in [0.25, 0.3) is 0 Å². The van der Waals surface area contributed by atoms with E-state index in [-0.39, 0.29) is 0 Å². The van der Waals surface area contributed by atoms with E-state index in [1.165, 1.54) is 4.88 Å². The molecule has 0 fully saturated rings. The van der Waals surface area contributed by atoms with Crippen molar-refractivity contribution in [3.63, 3.8) is 0 Å². The van der Waals surface area contributed by atoms with Crippen LogP contribution in [0, 0.1) is 6.92 Å². The van der Waals surface area contributed by atoms with E-state index >= 15 is 0 Å². The fourth-order valence-corrected chi connectivity index (χ4v) is 2.52. The molecule has 3 aromatic heterocycles. The van der Waals surface area contributed by atoms with Crippen molar-refractivity contribution < 1.29 is 0 Å². The van der Waals surface area contributed by atoms with Crippen molar-refractivity contribution in [2.75, 3.05) is 5.73 Å². The van der Waals surface area contributed by atoms with Gasteiger partial charge in [0.15, 0.2) is 11.5 Å². The van der Waals surface area contributed by atoms with Crippen LogP contribution in [0.1, 0.15) is 4.88 Å². The lowest BCUT2D eigenvalue weighted by Gasteiger charge is -1.97. The van der Waals surface area contributed by atoms with Crippen molar-refractivity contribution in [1.82, 2.24) is 14.6 Å². The van der Waals surface area contributed by atoms with Gasteiger partial charge in [-0.15, -0.1) is 21.5 Å². The first-order valence-electron chi connectivity index (χ1n) is 4.92. The van der Waals surface area contributed by atoms with Gasteiger partial charge in [0.1, 0.15) is 0 Å². The van der Waals surface area contributed by atoms with Crippen LogP contribution < -0.4 is 5.73 Å². The molecule has 0 saturated carbocycles. The molecular formula is C11H10N4S. The molecule has 0 spiro atoms. The van der Waals surface area contributed by atoms with Crippen LogP contribution in [0.4, 0.5) is 5.00 Å². The normalized spacial score (nSPS) is 11.1. The second-order valence-corrected chi connectivity index (χ2v) is 4.88. The van der Waals surface area contributed by atoms with Crippen LogP contribution in [0.25, 0.3) is 17.0 Å². The highest BCUT2D eigenvalue weighted by atomic mass is 32.1. The van der Waals surface area contributed by atoms with E-state index < -0.39 is 0 Å². The first kappa shape index (κ1) is 9.35. The molecule has 0 aromatic carbocycles. The van der Waals surface area contributed by atoms with E-state index in [1.54, 1.807) is 11.3 Å². The minimum atomic E-state index is 0.788. The van der Waals surface area contributed by atoms with Gasteiger partial charge in [-0.25, -0.2) is 0 Å². The summed E-state index contributed by atoms with van der Waals surface area (Å²) in [5.41, 5.74) is 7.75. The number of fused-ring (bicyclic) bond motifs is 1. The van der Waals surface area contributed by atoms with Gasteiger partial charge in [-0.05, 0) is 25.1 Å². The van der Waals surface area contributed by atoms with Crippen molar-refractivity contribution in [3.05, 3.63) is 35.3 Å². The predicted molar refractivity (Wildman–Crippen MR) is 65.4 cm³/mol. The highest BCUT2D eigenvalue weighted by Gasteiger charge is 2.12. The maximum absolute atomic E-state index is 5.96. The number of hydrogen-bond donors (Lipinski definition) is 1. The van der Waals surface area contributed by atoms with E-state index in [2.05, 4.69) is 10.2 Å². The van der Waals surface area contributed by atoms with Gasteiger partial charge >= 0.3 is 0 Å². The van der Waals surface area contributed by atoms with Crippen LogP contribution in [-0.4, -0.2) is 14.6 Å². The number of nitrogens with two attached hydrogens (primary N) is 1. The second-order valence-electron chi connectivity index (χ2n) is 3.59. The van der Waals surface area contributed by atoms with Gasteiger partial charge in [0, 0.05) is 11.1 Å². The third-order valence-corrected chi connectivity index (χ3v) is 3.32. The fraction of sp³-hybridized carbons (Fsp3) is 0.0909. The number of aromatic nitrogens is 3. The smallest absolute Gasteiger partial charge is 0.171 e. The minimum absolute atomic E-state index is 0.788. The molecule has 4 nitrogen and oxygen atoms in total. The topological polar surface area (TPSA) is 56.2 Å². The summed E-state index contributed by atoms with van der Waals surface area (Å²) in [5, 5.41) is 9.07. The van der Waals surface area contributed by atoms with Gasteiger partial charge in [-0.3, -0.25) is 4.40 Å². The molecule has 3 rings (SSSR count). The highest BCUT2D eigenvalue weighted by molar-refractivity contribution is 7.16. The summed E-state index contributed by atoms with van der Waals surface area (Å²) in [5.74, 6) is 0.803. The molecule has 0 aliphatic carbocycles. The zero-order valence-electron chi connectivity index (χ0n) is 8.71. The molecule has 80 valence electrons. The Morgan fingerprint density at radius 2 is 2.19 bits per heavy atom. The molecule has 0 bridgehead atoms. The average Bonchev–Trinajstić information content (AvgIpc) is 2.81. The first-order chi connectivity index (χ1) is 7.75. The Hall–Kier alpha value is -1.88. The Morgan fingerprint density at radius 1 is 1.31 bits per heavy atom. The number of rotatable bonds is 1. The van der Waals surface area contributed by atoms with Gasteiger partial charge in [0.05, 0.1) is 10.6 Å². The third-order valence-electron chi connectivity index (χ3n) is 2.44. The molecule has 0 unspecified atom stereocenters. The highest BCUT2D eigenvalue weighted by Crippen LogP contribution is 2.32. The summed E-state index contributed by atoms with van der Waals surface area (Å²) >= 11 is 1.57. The van der Waals surface area contributed by atoms with Crippen molar-refractivity contribution >= 4 is 22.0 Å². The predicted octanol–water partition coefficient (Wildman–Crippen LogP) is 2.35. The number of anilines is 1. The quantitative estimate of drug-likeness (QED) is 0.698. The molecule has 0 radical (unpaired) electrons. The van der Waals surface area contributed by atoms with E-state index in [4.69, 9.17) is 5.73 Å². The lowest BCUT2D eigenvalue weighted by Crippen LogP contribution is -1.90. The Kier molecular flexibility index (Phi) is 1.94. The number of aryl methyl sites for hydroxylation is 1. The Balaban J connectivity index is 2.30. The molecule has 0 atom stereocenters. The van der Waals surface area contributed by atoms with E-state index in [9.17, 15) is 0 Å². The summed E-state index contributed by atoms with van der Waals surface area (Å²) in [6.07, 6.45) is 1.94. The summed E-state index contributed by atoms with van der Waals surface area (Å²) in [6, 6.07) is 7.86. The molecule has 3 aromatic rings. The number of hydrogen-bond acceptors (Lipinski definition) is 4. The Labute approximate surface area is 96.4 Å². The van der Waals surface area contributed by atoms with E-state index in [0.29, 0.717) is 0 Å². The van der Waals surface area contributed by atoms with Gasteiger partial charge in [-0.1, -0.05) is 6.07 Å². The van der Waals surface area contributed by atoms with Crippen molar-refractivity contribution in [3.8, 4) is 11.4 Å². The molecule has 3 heterocycles. The summed E-state index contributed by atoms with van der Waals surface area (Å²) in [7, 11) is 0. The minimum Gasteiger partial charge on any atom is -0.390 e. The zero-order valence-corrected chi connectivity index (χ0v) is 9.53. The summed E-state index contributed by atoms with van der Waals surface area (Å²) in [4.78, 5) is 1.18. The first-order valence-corrected chi connectivity index (χ1v) is 5.73. The Morgan fingerprint density at radius 3 is 2.94 bits per heavy atom. The SMILES string of the molecule is Cc1cc(-c2nnc3ccccn23)c(N)s1. The number of thiophene rings is 1. The van der Waals surface area contributed by atoms with E-state index in [1.807, 2.05) is 41.8 Å². The zero-order chi connectivity index (χ0) is 11.1. The number of nitrogen functional groups attached to an aromatic ring is 1. The van der Waals surface area contributed by atoms with E-state index in [0.717, 1.165) is 22.0 Å². The maximum atomic E-state index is 5.96. The molecular weight excluding hydrogens is 220 g/mol. The van der Waals surface area contributed by atoms with Crippen LogP contribution in [-0.2, 0) is 0 Å². The Bertz CT molecular complexity index is 653. The molecule has 5 heteroatoms. The van der Waals surface area contributed by atoms with Crippen molar-refractivity contribution in [1.29, 1.82) is 0 Å². The molecule has 0 aliphatic rings. The third kappa shape index (κ3) is 1.29. The summed E-state index contributed by atoms with van der Waals surface area (Å²) < 4.78 is 1.94. The summed E-state index contributed by atoms with van der Waals surface area (Å²) in [6.45, 7) is 2.04. The molecule has 0 aliphatic heterocycles. The van der Waals surface area contributed by atoms with Crippen LogP contribution in [0.15, 0.2) is 30.5 Å². The van der Waals surface area contributed by atoms with Gasteiger partial charge in [0.2, 0.25) is 0 Å². The maximum Gasteiger partial charge on any atom is 0.171 e. The van der Waals surface area contributed by atoms with Crippen LogP contribution in [0.5, 0.6) is 0 Å². The van der Waals surface area contributed by atoms with Crippen LogP contribution in [0.2, 0.25) is 0 Å². The van der Waals surface area contributed by atoms with Gasteiger partial charge in [-0.2, -0.15) is 0 Å². The second kappa shape index (κ2) is 3.31. The number of pyridine rings is 1. The lowest BCUT2D eigenvalue weighted by molar-refractivity contribution is 1.11. The van der Waals surface area contributed by atoms with Crippen LogP contribution >= 0.6 is 11.3 Å². The van der Waals surface area contributed by atoms with Crippen molar-refractivity contribution in [2.45, 2.75) is 6.92 Å². The number of nitrogens with zero attached hydrogens (tertiary/aromatic N) is 3. The van der Waals surface area contributed by atoms with Crippen LogP contribution in [0.3, 0.4) is 0 Å². The molecule has 0 saturated heterocycles. The van der Waals surface area contributed by atoms with Gasteiger partial charge < -0.3 is 5.73 Å². The largest absolute Gasteiger partial charge is 0.390 e. The van der Waals surface area contributed by atoms with Crippen molar-refractivity contribution in [2.24, 2.45) is 0 Å². The average molecular weight is 230 g/mol. The standard InChI is InChI=1S/C11H10N4S/c1-7-6-8(10(12)16-7)11-14-13-9-4-2-3-5-15(9)11/h2-6H,12H2,1H3. The fourth-order valence-electron chi connectivity index (χ4n) is 1.73. The lowest BCUT2D eigenvalue weighted by atomic mass is 10.3. The molecule has 2 N–H and O–H groups in total. The molecule has 16 heavy (non-hydrogen) atoms.